The van der Waals surface area contributed by atoms with E-state index in [1.807, 2.05) is 81.4 Å². The Morgan fingerprint density at radius 2 is 0.867 bits per heavy atom. The number of anilines is 3. The highest BCUT2D eigenvalue weighted by Crippen LogP contribution is 2.29. The monoisotopic (exact) mass is 397 g/mol. The minimum Gasteiger partial charge on any atom is -0.349 e. The lowest BCUT2D eigenvalue weighted by Crippen LogP contribution is -2.33. The number of aryl methyl sites for hydroxylation is 3. The van der Waals surface area contributed by atoms with Gasteiger partial charge in [-0.15, -0.1) is 0 Å². The molecule has 1 aliphatic rings. The number of nitrogens with one attached hydrogen (secondary N) is 2. The van der Waals surface area contributed by atoms with Crippen LogP contribution in [0.15, 0.2) is 84.2 Å². The quantitative estimate of drug-likeness (QED) is 0.600. The summed E-state index contributed by atoms with van der Waals surface area (Å²) in [5.41, 5.74) is 5.76. The van der Waals surface area contributed by atoms with Crippen molar-refractivity contribution >= 4 is 28.9 Å². The molecule has 0 unspecified atom stereocenters. The Balaban J connectivity index is 1.73. The molecule has 2 N–H and O–H groups in total. The third kappa shape index (κ3) is 3.82. The van der Waals surface area contributed by atoms with Crippen molar-refractivity contribution in [2.24, 2.45) is 0 Å². The molecule has 150 valence electrons. The number of imide groups is 1. The van der Waals surface area contributed by atoms with E-state index in [2.05, 4.69) is 10.6 Å². The first-order valence-corrected chi connectivity index (χ1v) is 9.79. The van der Waals surface area contributed by atoms with Gasteiger partial charge in [-0.3, -0.25) is 9.59 Å². The topological polar surface area (TPSA) is 61.4 Å². The molecule has 0 atom stereocenters. The van der Waals surface area contributed by atoms with Crippen LogP contribution in [0.3, 0.4) is 0 Å². The molecule has 1 heterocycles. The van der Waals surface area contributed by atoms with E-state index in [-0.39, 0.29) is 23.2 Å². The molecule has 0 aromatic heterocycles. The first-order chi connectivity index (χ1) is 14.4. The maximum Gasteiger partial charge on any atom is 0.284 e. The molecule has 0 aliphatic carbocycles. The molecule has 0 fully saturated rings. The molecule has 5 nitrogen and oxygen atoms in total. The molecule has 0 spiro atoms. The van der Waals surface area contributed by atoms with Crippen LogP contribution in [0, 0.1) is 20.8 Å². The van der Waals surface area contributed by atoms with Crippen molar-refractivity contribution in [3.63, 3.8) is 0 Å². The highest BCUT2D eigenvalue weighted by molar-refractivity contribution is 6.34. The fraction of sp³-hybridized carbons (Fsp3) is 0.120. The largest absolute Gasteiger partial charge is 0.349 e. The standard InChI is InChI=1S/C25H23N3O2/c1-16-4-10-19(11-5-16)26-22-23(27-20-12-6-17(2)7-13-20)25(30)28(24(22)29)21-14-8-18(3)9-15-21/h4-15,26-27H,1-3H3. The van der Waals surface area contributed by atoms with E-state index < -0.39 is 0 Å². The van der Waals surface area contributed by atoms with Crippen LogP contribution < -0.4 is 15.5 Å². The summed E-state index contributed by atoms with van der Waals surface area (Å²) in [4.78, 5) is 27.7. The van der Waals surface area contributed by atoms with Crippen LogP contribution in [0.1, 0.15) is 16.7 Å². The fourth-order valence-electron chi connectivity index (χ4n) is 3.25. The highest BCUT2D eigenvalue weighted by Gasteiger charge is 2.40. The average Bonchev–Trinajstić information content (AvgIpc) is 2.96. The maximum absolute atomic E-state index is 13.3. The molecule has 0 saturated carbocycles. The molecular weight excluding hydrogens is 374 g/mol. The number of hydrogen-bond acceptors (Lipinski definition) is 4. The van der Waals surface area contributed by atoms with Gasteiger partial charge in [-0.25, -0.2) is 4.90 Å². The number of rotatable bonds is 5. The van der Waals surface area contributed by atoms with Crippen LogP contribution in [0.25, 0.3) is 0 Å². The summed E-state index contributed by atoms with van der Waals surface area (Å²) in [5.74, 6) is -0.780. The zero-order valence-corrected chi connectivity index (χ0v) is 17.2. The minimum atomic E-state index is -0.390. The van der Waals surface area contributed by atoms with E-state index >= 15 is 0 Å². The number of amides is 2. The van der Waals surface area contributed by atoms with Gasteiger partial charge >= 0.3 is 0 Å². The van der Waals surface area contributed by atoms with Gasteiger partial charge in [-0.2, -0.15) is 0 Å². The Bertz CT molecular complexity index is 1060. The van der Waals surface area contributed by atoms with E-state index in [1.54, 1.807) is 12.1 Å². The second-order valence-electron chi connectivity index (χ2n) is 7.51. The van der Waals surface area contributed by atoms with Crippen molar-refractivity contribution < 1.29 is 9.59 Å². The van der Waals surface area contributed by atoms with Crippen molar-refractivity contribution in [3.8, 4) is 0 Å². The van der Waals surface area contributed by atoms with Gasteiger partial charge in [0.15, 0.2) is 0 Å². The zero-order chi connectivity index (χ0) is 21.3. The van der Waals surface area contributed by atoms with Crippen LogP contribution in [0.2, 0.25) is 0 Å². The number of benzene rings is 3. The molecule has 0 bridgehead atoms. The average molecular weight is 397 g/mol. The smallest absolute Gasteiger partial charge is 0.284 e. The molecule has 30 heavy (non-hydrogen) atoms. The molecule has 3 aromatic carbocycles. The molecule has 2 amide bonds. The van der Waals surface area contributed by atoms with Gasteiger partial charge in [0.25, 0.3) is 11.8 Å². The van der Waals surface area contributed by atoms with Crippen LogP contribution in [0.5, 0.6) is 0 Å². The van der Waals surface area contributed by atoms with Crippen molar-refractivity contribution in [1.29, 1.82) is 0 Å². The summed E-state index contributed by atoms with van der Waals surface area (Å²) in [6, 6.07) is 22.7. The summed E-state index contributed by atoms with van der Waals surface area (Å²) in [7, 11) is 0. The Morgan fingerprint density at radius 1 is 0.533 bits per heavy atom. The van der Waals surface area contributed by atoms with Crippen molar-refractivity contribution in [2.75, 3.05) is 15.5 Å². The lowest BCUT2D eigenvalue weighted by Gasteiger charge is -2.15. The van der Waals surface area contributed by atoms with Gasteiger partial charge in [0.05, 0.1) is 5.69 Å². The van der Waals surface area contributed by atoms with Gasteiger partial charge in [0.2, 0.25) is 0 Å². The van der Waals surface area contributed by atoms with Crippen LogP contribution >= 0.6 is 0 Å². The second-order valence-corrected chi connectivity index (χ2v) is 7.51. The van der Waals surface area contributed by atoms with E-state index in [9.17, 15) is 9.59 Å². The van der Waals surface area contributed by atoms with Crippen LogP contribution in [-0.2, 0) is 9.59 Å². The molecule has 4 rings (SSSR count). The Labute approximate surface area is 176 Å². The van der Waals surface area contributed by atoms with Crippen molar-refractivity contribution in [3.05, 3.63) is 101 Å². The summed E-state index contributed by atoms with van der Waals surface area (Å²) in [6.07, 6.45) is 0. The van der Waals surface area contributed by atoms with Gasteiger partial charge in [0.1, 0.15) is 11.4 Å². The normalized spacial score (nSPS) is 13.8. The van der Waals surface area contributed by atoms with E-state index in [0.29, 0.717) is 5.69 Å². The third-order valence-corrected chi connectivity index (χ3v) is 5.02. The van der Waals surface area contributed by atoms with Crippen LogP contribution in [0.4, 0.5) is 17.1 Å². The predicted molar refractivity (Wildman–Crippen MR) is 120 cm³/mol. The molecule has 0 radical (unpaired) electrons. The fourth-order valence-corrected chi connectivity index (χ4v) is 3.25. The Hall–Kier alpha value is -3.86. The summed E-state index contributed by atoms with van der Waals surface area (Å²) in [6.45, 7) is 5.96. The SMILES string of the molecule is Cc1ccc(NC2=C(Nc3ccc(C)cc3)C(=O)N(c3ccc(C)cc3)C2=O)cc1. The maximum atomic E-state index is 13.3. The third-order valence-electron chi connectivity index (χ3n) is 5.02. The number of carbonyl (C=O) groups excluding carboxylic acids is 2. The summed E-state index contributed by atoms with van der Waals surface area (Å²) in [5, 5.41) is 6.29. The van der Waals surface area contributed by atoms with Gasteiger partial charge in [0, 0.05) is 11.4 Å². The van der Waals surface area contributed by atoms with E-state index in [4.69, 9.17) is 0 Å². The van der Waals surface area contributed by atoms with Crippen LogP contribution in [-0.4, -0.2) is 11.8 Å². The Morgan fingerprint density at radius 3 is 1.23 bits per heavy atom. The first-order valence-electron chi connectivity index (χ1n) is 9.79. The molecule has 3 aromatic rings. The predicted octanol–water partition coefficient (Wildman–Crippen LogP) is 4.92. The lowest BCUT2D eigenvalue weighted by molar-refractivity contribution is -0.120. The van der Waals surface area contributed by atoms with E-state index in [1.165, 1.54) is 4.90 Å². The van der Waals surface area contributed by atoms with Crippen molar-refractivity contribution in [2.45, 2.75) is 20.8 Å². The number of nitrogens with zero attached hydrogens (tertiary/aromatic N) is 1. The number of carbonyl (C=O) groups is 2. The highest BCUT2D eigenvalue weighted by atomic mass is 16.2. The summed E-state index contributed by atoms with van der Waals surface area (Å²) >= 11 is 0. The van der Waals surface area contributed by atoms with E-state index in [0.717, 1.165) is 28.1 Å². The molecule has 5 heteroatoms. The van der Waals surface area contributed by atoms with Gasteiger partial charge in [-0.1, -0.05) is 53.1 Å². The molecule has 0 saturated heterocycles. The van der Waals surface area contributed by atoms with Gasteiger partial charge < -0.3 is 10.6 Å². The molecule has 1 aliphatic heterocycles. The van der Waals surface area contributed by atoms with Gasteiger partial charge in [-0.05, 0) is 57.2 Å². The minimum absolute atomic E-state index is 0.227. The van der Waals surface area contributed by atoms with Crippen molar-refractivity contribution in [1.82, 2.24) is 0 Å². The first kappa shape index (κ1) is 19.5. The summed E-state index contributed by atoms with van der Waals surface area (Å²) < 4.78 is 0. The second kappa shape index (κ2) is 7.87. The molecular formula is C25H23N3O2. The Kier molecular flexibility index (Phi) is 5.11. The lowest BCUT2D eigenvalue weighted by atomic mass is 10.2. The number of hydrogen-bond donors (Lipinski definition) is 2. The zero-order valence-electron chi connectivity index (χ0n) is 17.2.